The van der Waals surface area contributed by atoms with Gasteiger partial charge in [-0.2, -0.15) is 0 Å². The van der Waals surface area contributed by atoms with Gasteiger partial charge in [0.25, 0.3) is 0 Å². The minimum Gasteiger partial charge on any atom is -0.444 e. The molecule has 0 unspecified atom stereocenters. The molecule has 0 bridgehead atoms. The molecule has 0 spiro atoms. The summed E-state index contributed by atoms with van der Waals surface area (Å²) in [4.78, 5) is 26.0. The first-order valence-corrected chi connectivity index (χ1v) is 10.8. The zero-order chi connectivity index (χ0) is 21.7. The molecule has 6 heteroatoms. The van der Waals surface area contributed by atoms with E-state index in [0.717, 1.165) is 37.3 Å². The first kappa shape index (κ1) is 22.2. The molecule has 0 aliphatic carbocycles. The van der Waals surface area contributed by atoms with Crippen LogP contribution in [-0.2, 0) is 17.8 Å². The quantitative estimate of drug-likeness (QED) is 0.727. The summed E-state index contributed by atoms with van der Waals surface area (Å²) in [5.41, 5.74) is 4.13. The summed E-state index contributed by atoms with van der Waals surface area (Å²) >= 11 is 0. The van der Waals surface area contributed by atoms with Crippen LogP contribution in [0.5, 0.6) is 0 Å². The Bertz CT molecular complexity index is 807. The molecular formula is C24H34N4O2. The lowest BCUT2D eigenvalue weighted by atomic mass is 10.0. The molecule has 162 valence electrons. The van der Waals surface area contributed by atoms with Gasteiger partial charge in [-0.15, -0.1) is 0 Å². The van der Waals surface area contributed by atoms with Crippen molar-refractivity contribution in [3.05, 3.63) is 59.2 Å². The molecule has 2 aromatic rings. The van der Waals surface area contributed by atoms with Crippen LogP contribution in [0.1, 0.15) is 56.1 Å². The summed E-state index contributed by atoms with van der Waals surface area (Å²) < 4.78 is 5.55. The topological polar surface area (TPSA) is 58.6 Å². The Morgan fingerprint density at radius 1 is 1.03 bits per heavy atom. The van der Waals surface area contributed by atoms with Gasteiger partial charge in [0.05, 0.1) is 11.4 Å². The second-order valence-corrected chi connectivity index (χ2v) is 9.14. The van der Waals surface area contributed by atoms with E-state index >= 15 is 0 Å². The second-order valence-electron chi connectivity index (χ2n) is 9.14. The van der Waals surface area contributed by atoms with Gasteiger partial charge in [-0.1, -0.05) is 12.1 Å². The maximum absolute atomic E-state index is 12.4. The van der Waals surface area contributed by atoms with Crippen molar-refractivity contribution >= 4 is 6.09 Å². The molecule has 0 N–H and O–H groups in total. The average molecular weight is 411 g/mol. The van der Waals surface area contributed by atoms with Gasteiger partial charge in [0.2, 0.25) is 0 Å². The fraction of sp³-hybridized carbons (Fsp3) is 0.542. The lowest BCUT2D eigenvalue weighted by Crippen LogP contribution is -2.47. The van der Waals surface area contributed by atoms with Crippen LogP contribution in [0.3, 0.4) is 0 Å². The Balaban J connectivity index is 1.72. The summed E-state index contributed by atoms with van der Waals surface area (Å²) in [7, 11) is 0. The number of nitrogens with zero attached hydrogens (tertiary/aromatic N) is 4. The van der Waals surface area contributed by atoms with Crippen molar-refractivity contribution < 1.29 is 9.53 Å². The lowest BCUT2D eigenvalue weighted by molar-refractivity contribution is 0.0129. The third-order valence-corrected chi connectivity index (χ3v) is 5.57. The number of hydrogen-bond donors (Lipinski definition) is 0. The van der Waals surface area contributed by atoms with Crippen molar-refractivity contribution in [3.8, 4) is 0 Å². The molecule has 1 aliphatic heterocycles. The molecule has 1 amide bonds. The van der Waals surface area contributed by atoms with Gasteiger partial charge in [0.1, 0.15) is 5.60 Å². The third-order valence-electron chi connectivity index (χ3n) is 5.57. The third kappa shape index (κ3) is 6.02. The second kappa shape index (κ2) is 9.56. The minimum atomic E-state index is -0.465. The number of carbonyl (C=O) groups excluding carboxylic acids is 1. The van der Waals surface area contributed by atoms with Crippen LogP contribution in [0.25, 0.3) is 0 Å². The first-order valence-electron chi connectivity index (χ1n) is 10.8. The number of aromatic nitrogens is 2. The van der Waals surface area contributed by atoms with E-state index in [2.05, 4.69) is 40.8 Å². The average Bonchev–Trinajstić information content (AvgIpc) is 2.69. The van der Waals surface area contributed by atoms with Crippen LogP contribution in [0, 0.1) is 13.8 Å². The summed E-state index contributed by atoms with van der Waals surface area (Å²) in [6.45, 7) is 12.9. The van der Waals surface area contributed by atoms with Gasteiger partial charge in [0, 0.05) is 44.6 Å². The van der Waals surface area contributed by atoms with E-state index in [1.165, 1.54) is 11.1 Å². The van der Waals surface area contributed by atoms with E-state index in [1.54, 1.807) is 0 Å². The number of hydrogen-bond acceptors (Lipinski definition) is 5. The highest BCUT2D eigenvalue weighted by Crippen LogP contribution is 2.23. The highest BCUT2D eigenvalue weighted by atomic mass is 16.6. The largest absolute Gasteiger partial charge is 0.444 e. The zero-order valence-corrected chi connectivity index (χ0v) is 18.9. The lowest BCUT2D eigenvalue weighted by Gasteiger charge is -2.39. The molecule has 30 heavy (non-hydrogen) atoms. The van der Waals surface area contributed by atoms with E-state index in [9.17, 15) is 4.79 Å². The minimum absolute atomic E-state index is 0.214. The van der Waals surface area contributed by atoms with Crippen LogP contribution in [0.4, 0.5) is 4.79 Å². The Kier molecular flexibility index (Phi) is 7.08. The molecular weight excluding hydrogens is 376 g/mol. The SMILES string of the molecule is Cc1cccnc1CN(Cc1ncccc1C)C1CCN(C(=O)OC(C)(C)C)CC1. The van der Waals surface area contributed by atoms with Gasteiger partial charge >= 0.3 is 6.09 Å². The molecule has 1 aliphatic rings. The van der Waals surface area contributed by atoms with E-state index in [1.807, 2.05) is 50.2 Å². The summed E-state index contributed by atoms with van der Waals surface area (Å²) in [6.07, 6.45) is 5.33. The number of pyridine rings is 2. The smallest absolute Gasteiger partial charge is 0.410 e. The Labute approximate surface area is 180 Å². The fourth-order valence-corrected chi connectivity index (χ4v) is 3.81. The fourth-order valence-electron chi connectivity index (χ4n) is 3.81. The highest BCUT2D eigenvalue weighted by molar-refractivity contribution is 5.68. The number of ether oxygens (including phenoxy) is 1. The number of piperidine rings is 1. The summed E-state index contributed by atoms with van der Waals surface area (Å²) in [6, 6.07) is 8.54. The van der Waals surface area contributed by atoms with Gasteiger partial charge in [0.15, 0.2) is 0 Å². The van der Waals surface area contributed by atoms with Gasteiger partial charge in [-0.05, 0) is 70.7 Å². The van der Waals surface area contributed by atoms with E-state index in [0.29, 0.717) is 19.1 Å². The van der Waals surface area contributed by atoms with Gasteiger partial charge in [-0.3, -0.25) is 14.9 Å². The number of likely N-dealkylation sites (tertiary alicyclic amines) is 1. The molecule has 1 saturated heterocycles. The molecule has 6 nitrogen and oxygen atoms in total. The molecule has 1 fully saturated rings. The summed E-state index contributed by atoms with van der Waals surface area (Å²) in [5, 5.41) is 0. The normalized spacial score (nSPS) is 15.5. The predicted molar refractivity (Wildman–Crippen MR) is 118 cm³/mol. The maximum Gasteiger partial charge on any atom is 0.410 e. The standard InChI is InChI=1S/C24H34N4O2/c1-18-8-6-12-25-21(18)16-28(17-22-19(2)9-7-13-26-22)20-10-14-27(15-11-20)23(29)30-24(3,4)5/h6-9,12-13,20H,10-11,14-17H2,1-5H3. The molecule has 3 heterocycles. The van der Waals surface area contributed by atoms with Crippen molar-refractivity contribution in [2.24, 2.45) is 0 Å². The van der Waals surface area contributed by atoms with E-state index in [-0.39, 0.29) is 6.09 Å². The van der Waals surface area contributed by atoms with Crippen molar-refractivity contribution in [1.29, 1.82) is 0 Å². The van der Waals surface area contributed by atoms with Crippen LogP contribution >= 0.6 is 0 Å². The summed E-state index contributed by atoms with van der Waals surface area (Å²) in [5.74, 6) is 0. The molecule has 0 atom stereocenters. The monoisotopic (exact) mass is 410 g/mol. The molecule has 0 aromatic carbocycles. The van der Waals surface area contributed by atoms with Gasteiger partial charge in [-0.25, -0.2) is 4.79 Å². The molecule has 2 aromatic heterocycles. The van der Waals surface area contributed by atoms with E-state index < -0.39 is 5.60 Å². The van der Waals surface area contributed by atoms with Crippen molar-refractivity contribution in [3.63, 3.8) is 0 Å². The van der Waals surface area contributed by atoms with Crippen LogP contribution in [0.2, 0.25) is 0 Å². The number of amides is 1. The predicted octanol–water partition coefficient (Wildman–Crippen LogP) is 4.50. The van der Waals surface area contributed by atoms with Gasteiger partial charge < -0.3 is 9.64 Å². The first-order chi connectivity index (χ1) is 14.2. The highest BCUT2D eigenvalue weighted by Gasteiger charge is 2.30. The van der Waals surface area contributed by atoms with Crippen LogP contribution in [-0.4, -0.2) is 50.6 Å². The maximum atomic E-state index is 12.4. The number of rotatable bonds is 5. The molecule has 0 radical (unpaired) electrons. The van der Waals surface area contributed by atoms with E-state index in [4.69, 9.17) is 4.74 Å². The van der Waals surface area contributed by atoms with Crippen molar-refractivity contribution in [2.75, 3.05) is 13.1 Å². The number of carbonyl (C=O) groups is 1. The number of aryl methyl sites for hydroxylation is 2. The van der Waals surface area contributed by atoms with Crippen LogP contribution < -0.4 is 0 Å². The van der Waals surface area contributed by atoms with Crippen LogP contribution in [0.15, 0.2) is 36.7 Å². The Hall–Kier alpha value is -2.47. The molecule has 0 saturated carbocycles. The Morgan fingerprint density at radius 3 is 1.97 bits per heavy atom. The molecule has 3 rings (SSSR count). The zero-order valence-electron chi connectivity index (χ0n) is 18.9. The Morgan fingerprint density at radius 2 is 1.53 bits per heavy atom. The van der Waals surface area contributed by atoms with Crippen molar-refractivity contribution in [2.45, 2.75) is 72.2 Å². The van der Waals surface area contributed by atoms with Crippen molar-refractivity contribution in [1.82, 2.24) is 19.8 Å².